The van der Waals surface area contributed by atoms with Gasteiger partial charge in [0.2, 0.25) is 5.91 Å². The molecule has 1 aromatic carbocycles. The molecule has 0 spiro atoms. The molecule has 3 N–H and O–H groups in total. The third-order valence-corrected chi connectivity index (χ3v) is 3.43. The summed E-state index contributed by atoms with van der Waals surface area (Å²) in [7, 11) is 0. The summed E-state index contributed by atoms with van der Waals surface area (Å²) in [6.07, 6.45) is 0. The summed E-state index contributed by atoms with van der Waals surface area (Å²) in [6.45, 7) is 5.74. The molecule has 0 saturated heterocycles. The number of rotatable bonds is 5. The Bertz CT molecular complexity index is 549. The maximum absolute atomic E-state index is 13.3. The van der Waals surface area contributed by atoms with Crippen molar-refractivity contribution in [3.8, 4) is 0 Å². The first-order valence-electron chi connectivity index (χ1n) is 6.59. The molecule has 21 heavy (non-hydrogen) atoms. The molecule has 0 bridgehead atoms. The summed E-state index contributed by atoms with van der Waals surface area (Å²) < 4.78 is 13.6. The second kappa shape index (κ2) is 7.40. The lowest BCUT2D eigenvalue weighted by Crippen LogP contribution is -2.42. The van der Waals surface area contributed by atoms with Gasteiger partial charge in [0.1, 0.15) is 5.82 Å². The summed E-state index contributed by atoms with van der Waals surface area (Å²) in [6, 6.07) is 2.41. The van der Waals surface area contributed by atoms with E-state index >= 15 is 0 Å². The molecule has 0 aliphatic carbocycles. The number of nitrogens with one attached hydrogen (secondary N) is 1. The van der Waals surface area contributed by atoms with Crippen LogP contribution in [-0.4, -0.2) is 35.8 Å². The van der Waals surface area contributed by atoms with Gasteiger partial charge in [-0.2, -0.15) is 0 Å². The lowest BCUT2D eigenvalue weighted by molar-refractivity contribution is -0.122. The van der Waals surface area contributed by atoms with E-state index in [0.29, 0.717) is 11.0 Å². The topological polar surface area (TPSA) is 75.4 Å². The predicted molar refractivity (Wildman–Crippen MR) is 83.4 cm³/mol. The van der Waals surface area contributed by atoms with Gasteiger partial charge >= 0.3 is 0 Å². The van der Waals surface area contributed by atoms with Gasteiger partial charge in [0.05, 0.1) is 17.8 Å². The average molecular weight is 360 g/mol. The molecule has 0 unspecified atom stereocenters. The number of nitrogen functional groups attached to an aromatic ring is 1. The second-order valence-electron chi connectivity index (χ2n) is 4.90. The summed E-state index contributed by atoms with van der Waals surface area (Å²) >= 11 is 3.14. The van der Waals surface area contributed by atoms with E-state index in [9.17, 15) is 14.0 Å². The van der Waals surface area contributed by atoms with Crippen molar-refractivity contribution in [3.63, 3.8) is 0 Å². The number of nitrogens with two attached hydrogens (primary N) is 1. The number of benzene rings is 1. The van der Waals surface area contributed by atoms with Crippen LogP contribution >= 0.6 is 15.9 Å². The van der Waals surface area contributed by atoms with Crippen LogP contribution in [0.2, 0.25) is 0 Å². The number of amides is 2. The van der Waals surface area contributed by atoms with Gasteiger partial charge in [-0.05, 0) is 48.8 Å². The smallest absolute Gasteiger partial charge is 0.255 e. The molecule has 0 saturated carbocycles. The van der Waals surface area contributed by atoms with E-state index in [-0.39, 0.29) is 35.7 Å². The second-order valence-corrected chi connectivity index (χ2v) is 5.75. The lowest BCUT2D eigenvalue weighted by Gasteiger charge is -2.22. The molecule has 0 atom stereocenters. The summed E-state index contributed by atoms with van der Waals surface area (Å²) in [4.78, 5) is 25.6. The van der Waals surface area contributed by atoms with Crippen molar-refractivity contribution in [3.05, 3.63) is 28.0 Å². The fourth-order valence-corrected chi connectivity index (χ4v) is 2.25. The Balaban J connectivity index is 2.94. The zero-order valence-electron chi connectivity index (χ0n) is 12.2. The normalized spacial score (nSPS) is 10.6. The Hall–Kier alpha value is -1.63. The van der Waals surface area contributed by atoms with Gasteiger partial charge in [0.25, 0.3) is 5.91 Å². The average Bonchev–Trinajstić information content (AvgIpc) is 2.38. The van der Waals surface area contributed by atoms with Crippen LogP contribution in [0.1, 0.15) is 31.1 Å². The first kappa shape index (κ1) is 17.4. The zero-order valence-corrected chi connectivity index (χ0v) is 13.8. The molecule has 0 heterocycles. The Morgan fingerprint density at radius 2 is 2.05 bits per heavy atom. The fraction of sp³-hybridized carbons (Fsp3) is 0.429. The molecule has 0 aromatic heterocycles. The van der Waals surface area contributed by atoms with Crippen LogP contribution in [0, 0.1) is 5.82 Å². The molecule has 116 valence electrons. The van der Waals surface area contributed by atoms with Crippen LogP contribution in [0.4, 0.5) is 10.1 Å². The van der Waals surface area contributed by atoms with E-state index in [0.717, 1.165) is 6.07 Å². The molecule has 7 heteroatoms. The minimum Gasteiger partial charge on any atom is -0.396 e. The molecule has 0 fully saturated rings. The van der Waals surface area contributed by atoms with Crippen LogP contribution < -0.4 is 11.1 Å². The molecular weight excluding hydrogens is 341 g/mol. The van der Waals surface area contributed by atoms with E-state index in [1.807, 2.05) is 13.8 Å². The molecule has 5 nitrogen and oxygen atoms in total. The number of halogens is 2. The third kappa shape index (κ3) is 4.70. The standard InChI is InChI=1S/C14H19BrFN3O2/c1-4-19(7-13(20)18-8(2)3)14(21)9-5-12(17)11(16)6-10(9)15/h5-6,8H,4,7,17H2,1-3H3,(H,18,20). The van der Waals surface area contributed by atoms with Crippen molar-refractivity contribution in [2.45, 2.75) is 26.8 Å². The lowest BCUT2D eigenvalue weighted by atomic mass is 10.1. The first-order chi connectivity index (χ1) is 9.76. The van der Waals surface area contributed by atoms with Crippen molar-refractivity contribution in [2.75, 3.05) is 18.8 Å². The van der Waals surface area contributed by atoms with E-state index in [1.165, 1.54) is 11.0 Å². The first-order valence-corrected chi connectivity index (χ1v) is 7.38. The van der Waals surface area contributed by atoms with Crippen LogP contribution in [0.5, 0.6) is 0 Å². The monoisotopic (exact) mass is 359 g/mol. The predicted octanol–water partition coefficient (Wildman–Crippen LogP) is 2.16. The van der Waals surface area contributed by atoms with E-state index < -0.39 is 5.82 Å². The minimum absolute atomic E-state index is 0.000454. The minimum atomic E-state index is -0.598. The van der Waals surface area contributed by atoms with Gasteiger partial charge in [-0.1, -0.05) is 0 Å². The number of likely N-dealkylation sites (N-methyl/N-ethyl adjacent to an activating group) is 1. The highest BCUT2D eigenvalue weighted by molar-refractivity contribution is 9.10. The molecule has 0 radical (unpaired) electrons. The van der Waals surface area contributed by atoms with Crippen molar-refractivity contribution in [1.29, 1.82) is 0 Å². The van der Waals surface area contributed by atoms with E-state index in [1.54, 1.807) is 6.92 Å². The quantitative estimate of drug-likeness (QED) is 0.791. The SMILES string of the molecule is CCN(CC(=O)NC(C)C)C(=O)c1cc(N)c(F)cc1Br. The van der Waals surface area contributed by atoms with Gasteiger partial charge in [-0.25, -0.2) is 4.39 Å². The Morgan fingerprint density at radius 1 is 1.43 bits per heavy atom. The Morgan fingerprint density at radius 3 is 2.57 bits per heavy atom. The van der Waals surface area contributed by atoms with Crippen molar-refractivity contribution in [2.24, 2.45) is 0 Å². The summed E-state index contributed by atoms with van der Waals surface area (Å²) in [5.41, 5.74) is 5.61. The molecule has 1 rings (SSSR count). The van der Waals surface area contributed by atoms with Gasteiger partial charge in [0.15, 0.2) is 0 Å². The zero-order chi connectivity index (χ0) is 16.2. The van der Waals surface area contributed by atoms with Crippen molar-refractivity contribution >= 4 is 33.4 Å². The number of carbonyl (C=O) groups excluding carboxylic acids is 2. The van der Waals surface area contributed by atoms with E-state index in [2.05, 4.69) is 21.2 Å². The van der Waals surface area contributed by atoms with Crippen molar-refractivity contribution < 1.29 is 14.0 Å². The summed E-state index contributed by atoms with van der Waals surface area (Å²) in [5.74, 6) is -1.22. The Kier molecular flexibility index (Phi) is 6.14. The number of anilines is 1. The Labute approximate surface area is 131 Å². The molecular formula is C14H19BrFN3O2. The number of carbonyl (C=O) groups is 2. The highest BCUT2D eigenvalue weighted by Crippen LogP contribution is 2.24. The largest absolute Gasteiger partial charge is 0.396 e. The number of nitrogens with zero attached hydrogens (tertiary/aromatic N) is 1. The molecule has 2 amide bonds. The van der Waals surface area contributed by atoms with Gasteiger partial charge in [-0.15, -0.1) is 0 Å². The fourth-order valence-electron chi connectivity index (χ4n) is 1.77. The van der Waals surface area contributed by atoms with Gasteiger partial charge in [-0.3, -0.25) is 9.59 Å². The number of hydrogen-bond acceptors (Lipinski definition) is 3. The van der Waals surface area contributed by atoms with Crippen LogP contribution in [0.15, 0.2) is 16.6 Å². The molecule has 0 aliphatic heterocycles. The third-order valence-electron chi connectivity index (χ3n) is 2.77. The van der Waals surface area contributed by atoms with Crippen LogP contribution in [0.25, 0.3) is 0 Å². The van der Waals surface area contributed by atoms with Crippen LogP contribution in [0.3, 0.4) is 0 Å². The van der Waals surface area contributed by atoms with Crippen LogP contribution in [-0.2, 0) is 4.79 Å². The molecule has 0 aliphatic rings. The number of hydrogen-bond donors (Lipinski definition) is 2. The highest BCUT2D eigenvalue weighted by atomic mass is 79.9. The van der Waals surface area contributed by atoms with Gasteiger partial charge < -0.3 is 16.0 Å². The molecule has 1 aromatic rings. The van der Waals surface area contributed by atoms with E-state index in [4.69, 9.17) is 5.73 Å². The van der Waals surface area contributed by atoms with Gasteiger partial charge in [0, 0.05) is 17.1 Å². The highest BCUT2D eigenvalue weighted by Gasteiger charge is 2.21. The maximum Gasteiger partial charge on any atom is 0.255 e. The summed E-state index contributed by atoms with van der Waals surface area (Å²) in [5, 5.41) is 2.72. The maximum atomic E-state index is 13.3. The van der Waals surface area contributed by atoms with Crippen molar-refractivity contribution in [1.82, 2.24) is 10.2 Å².